The van der Waals surface area contributed by atoms with Crippen molar-refractivity contribution in [3.05, 3.63) is 226 Å². The lowest BCUT2D eigenvalue weighted by Crippen LogP contribution is -2.39. The third kappa shape index (κ3) is 19.1. The van der Waals surface area contributed by atoms with Crippen molar-refractivity contribution in [2.45, 2.75) is 214 Å². The number of anilines is 1. The predicted molar refractivity (Wildman–Crippen MR) is 442 cm³/mol. The molecule has 0 saturated heterocycles. The van der Waals surface area contributed by atoms with E-state index in [1.807, 2.05) is 73.2 Å². The molecule has 17 rings (SSSR count). The van der Waals surface area contributed by atoms with Crippen molar-refractivity contribution in [1.29, 1.82) is 0 Å². The average Bonchev–Trinajstić information content (AvgIpc) is 1.54. The van der Waals surface area contributed by atoms with Gasteiger partial charge in [0.15, 0.2) is 0 Å². The van der Waals surface area contributed by atoms with E-state index in [4.69, 9.17) is 4.98 Å². The molecule has 3 atom stereocenters. The monoisotopic (exact) mass is 1850 g/mol. The van der Waals surface area contributed by atoms with Gasteiger partial charge in [-0.25, -0.2) is 52.3 Å². The number of pyridine rings is 4. The van der Waals surface area contributed by atoms with E-state index in [1.165, 1.54) is 65.7 Å². The fraction of sp³-hybridized carbons (Fsp3) is 0.395. The molecule has 4 saturated carbocycles. The highest BCUT2D eigenvalue weighted by Crippen LogP contribution is 2.57. The molecule has 0 bridgehead atoms. The Labute approximate surface area is 715 Å². The summed E-state index contributed by atoms with van der Waals surface area (Å²) in [4.78, 5) is 13.5. The molecule has 1 aliphatic heterocycles. The minimum atomic E-state index is -4.69. The van der Waals surface area contributed by atoms with Gasteiger partial charge in [-0.3, -0.25) is 43.0 Å². The first kappa shape index (κ1) is 90.2. The topological polar surface area (TPSA) is 253 Å². The molecule has 4 fully saturated rings. The lowest BCUT2D eigenvalue weighted by atomic mass is 9.92. The molecule has 2 N–H and O–H groups in total. The van der Waals surface area contributed by atoms with Crippen molar-refractivity contribution in [2.24, 2.45) is 17.8 Å². The van der Waals surface area contributed by atoms with E-state index in [2.05, 4.69) is 81.5 Å². The van der Waals surface area contributed by atoms with E-state index in [1.54, 1.807) is 63.0 Å². The summed E-state index contributed by atoms with van der Waals surface area (Å²) in [7, 11) is -12.7. The zero-order chi connectivity index (χ0) is 90.1. The minimum Gasteiger partial charge on any atom is -0.259 e. The SMILES string of the molecule is CC(C)(C)n1ncc([C@H](NS(=O)(=O)c2ccc(C(F)(F)F)nc2)C2CC2)c1-c1cc(F)ccc1Br.CC(C)(C)n1ncc([C@H](NS(=O)(=O)c2ccc(C(F)(F)F)nc2)C2CC2)c1-c1cccc(F)c1.CC(C)(C)n1ncc2c(C3CC3)nc3ccc(F)cc3c21.CC(C)(C)n1ncc2c1-c1cc(F)ccc1N(S(=O)(=O)c1ccc(C(F)(F)F)nc1)[C@@H]2C1CC1. The summed E-state index contributed by atoms with van der Waals surface area (Å²) >= 11 is 3.46. The maximum Gasteiger partial charge on any atom is 0.433 e. The standard InChI is InChI=1S/C23H23BrF4N4O2S.C23H22F4N4O2S.C23H24F4N4O2S.C17H18FN3/c1-22(2,3)32-21(16-10-14(25)6-8-18(16)24)17(12-30-32)20(13-4-5-13)31-35(33,34)15-7-9-19(29-11-15)23(26,27)28;1-22(2,3)31-21-16-10-14(24)6-8-18(16)30(20(13-4-5-13)17(21)12-29-31)34(32,33)15-7-9-19(28-11-15)23(25,26)27;1-22(2,3)31-21(15-5-4-6-16(24)11-15)18(13-29-31)20(14-7-8-14)30-34(32,33)17-9-10-19(28-12-17)23(25,26)27;1-17(2,3)21-16-12-8-11(18)6-7-14(12)20-15(10-4-5-10)13(16)9-19-21/h6-13,20,31H,4-5H2,1-3H3;6-13,20H,4-5H2,1-3H3;4-6,9-14,20,30H,7-8H2,1-3H3;6-10H,4-5H2,1-3H3/t3*20-;/m111./s1. The highest BCUT2D eigenvalue weighted by Gasteiger charge is 2.50. The van der Waals surface area contributed by atoms with E-state index in [0.29, 0.717) is 91.4 Å². The van der Waals surface area contributed by atoms with Crippen molar-refractivity contribution in [2.75, 3.05) is 4.31 Å². The van der Waals surface area contributed by atoms with Crippen molar-refractivity contribution in [3.63, 3.8) is 0 Å². The Morgan fingerprint density at radius 2 is 0.863 bits per heavy atom. The van der Waals surface area contributed by atoms with Gasteiger partial charge in [0.05, 0.1) is 105 Å². The van der Waals surface area contributed by atoms with Crippen molar-refractivity contribution < 1.29 is 82.3 Å². The summed E-state index contributed by atoms with van der Waals surface area (Å²) in [6.45, 7) is 23.7. The predicted octanol–water partition coefficient (Wildman–Crippen LogP) is 21.2. The molecular formula is C86H87BrF13N15O6S3. The Kier molecular flexibility index (Phi) is 23.8. The van der Waals surface area contributed by atoms with Gasteiger partial charge >= 0.3 is 18.5 Å². The molecule has 12 aromatic rings. The Balaban J connectivity index is 0.000000136. The van der Waals surface area contributed by atoms with Crippen LogP contribution in [-0.2, 0) is 70.8 Å². The van der Waals surface area contributed by atoms with E-state index in [9.17, 15) is 82.3 Å². The summed E-state index contributed by atoms with van der Waals surface area (Å²) in [6.07, 6.45) is 1.71. The molecule has 124 heavy (non-hydrogen) atoms. The number of halogens is 14. The number of nitrogens with zero attached hydrogens (tertiary/aromatic N) is 13. The highest BCUT2D eigenvalue weighted by molar-refractivity contribution is 9.10. The third-order valence-electron chi connectivity index (χ3n) is 21.4. The largest absolute Gasteiger partial charge is 0.433 e. The lowest BCUT2D eigenvalue weighted by Gasteiger charge is -2.39. The molecule has 21 nitrogen and oxygen atoms in total. The Morgan fingerprint density at radius 3 is 1.32 bits per heavy atom. The number of fused-ring (bicyclic) bond motifs is 6. The van der Waals surface area contributed by atoms with E-state index < -0.39 is 118 Å². The third-order valence-corrected chi connectivity index (χ3v) is 26.8. The molecule has 0 spiro atoms. The van der Waals surface area contributed by atoms with Crippen LogP contribution in [0, 0.1) is 41.0 Å². The van der Waals surface area contributed by atoms with Crippen molar-refractivity contribution >= 4 is 73.5 Å². The second kappa shape index (κ2) is 32.8. The first-order valence-corrected chi connectivity index (χ1v) is 44.8. The van der Waals surface area contributed by atoms with E-state index in [-0.39, 0.29) is 49.5 Å². The van der Waals surface area contributed by atoms with Crippen LogP contribution in [0.25, 0.3) is 55.6 Å². The number of alkyl halides is 9. The van der Waals surface area contributed by atoms with E-state index >= 15 is 0 Å². The normalized spacial score (nSPS) is 16.7. The zero-order valence-corrected chi connectivity index (χ0v) is 73.0. The lowest BCUT2D eigenvalue weighted by molar-refractivity contribution is -0.142. The number of aromatic nitrogens is 12. The van der Waals surface area contributed by atoms with Gasteiger partial charge in [-0.2, -0.15) is 59.9 Å². The summed E-state index contributed by atoms with van der Waals surface area (Å²) in [5.41, 5.74) is 3.09. The van der Waals surface area contributed by atoms with Gasteiger partial charge in [0, 0.05) is 73.1 Å². The van der Waals surface area contributed by atoms with Crippen LogP contribution in [-0.4, -0.2) is 84.3 Å². The first-order valence-electron chi connectivity index (χ1n) is 39.6. The summed E-state index contributed by atoms with van der Waals surface area (Å²) in [6, 6.07) is 21.5. The molecule has 9 heterocycles. The van der Waals surface area contributed by atoms with Crippen LogP contribution in [0.4, 0.5) is 62.8 Å². The van der Waals surface area contributed by atoms with Gasteiger partial charge in [-0.15, -0.1) is 0 Å². The molecule has 658 valence electrons. The van der Waals surface area contributed by atoms with Crippen LogP contribution >= 0.6 is 15.9 Å². The zero-order valence-electron chi connectivity index (χ0n) is 69.0. The molecule has 4 aromatic carbocycles. The van der Waals surface area contributed by atoms with Gasteiger partial charge in [0.25, 0.3) is 10.0 Å². The fourth-order valence-corrected chi connectivity index (χ4v) is 19.6. The number of benzene rings is 4. The van der Waals surface area contributed by atoms with Crippen LogP contribution in [0.2, 0.25) is 0 Å². The smallest absolute Gasteiger partial charge is 0.259 e. The summed E-state index contributed by atoms with van der Waals surface area (Å²) in [5, 5.41) is 20.0. The number of rotatable bonds is 16. The van der Waals surface area contributed by atoms with Gasteiger partial charge in [-0.1, -0.05) is 28.1 Å². The molecular weight excluding hydrogens is 1760 g/mol. The van der Waals surface area contributed by atoms with Gasteiger partial charge in [-0.05, 0) is 255 Å². The fourth-order valence-electron chi connectivity index (χ4n) is 15.1. The van der Waals surface area contributed by atoms with Gasteiger partial charge in [0.2, 0.25) is 20.0 Å². The molecule has 4 aliphatic carbocycles. The molecule has 0 radical (unpaired) electrons. The van der Waals surface area contributed by atoms with Gasteiger partial charge in [0.1, 0.15) is 55.0 Å². The van der Waals surface area contributed by atoms with Crippen molar-refractivity contribution in [3.8, 4) is 33.8 Å². The number of nitrogens with one attached hydrogen (secondary N) is 2. The second-order valence-electron chi connectivity index (χ2n) is 35.4. The van der Waals surface area contributed by atoms with Crippen LogP contribution in [0.1, 0.15) is 198 Å². The van der Waals surface area contributed by atoms with Crippen molar-refractivity contribution in [1.82, 2.24) is 68.5 Å². The van der Waals surface area contributed by atoms with Gasteiger partial charge < -0.3 is 0 Å². The Hall–Kier alpha value is -10.0. The maximum atomic E-state index is 14.4. The average molecular weight is 1850 g/mol. The number of sulfonamides is 3. The molecule has 5 aliphatic rings. The van der Waals surface area contributed by atoms with Crippen LogP contribution in [0.5, 0.6) is 0 Å². The molecule has 8 aromatic heterocycles. The maximum absolute atomic E-state index is 14.4. The Bertz CT molecular complexity index is 6350. The Morgan fingerprint density at radius 1 is 0.427 bits per heavy atom. The number of hydrogen-bond donors (Lipinski definition) is 2. The summed E-state index contributed by atoms with van der Waals surface area (Å²) in [5.74, 6) is -1.19. The summed E-state index contributed by atoms with van der Waals surface area (Å²) < 4.78 is 267. The quantitative estimate of drug-likeness (QED) is 0.0854. The molecule has 0 amide bonds. The van der Waals surface area contributed by atoms with E-state index in [0.717, 1.165) is 90.4 Å². The number of hydrogen-bond acceptors (Lipinski definition) is 14. The minimum absolute atomic E-state index is 0.00625. The molecule has 0 unspecified atom stereocenters. The van der Waals surface area contributed by atoms with Crippen LogP contribution in [0.3, 0.4) is 0 Å². The molecule has 38 heteroatoms. The highest BCUT2D eigenvalue weighted by atomic mass is 79.9. The van der Waals surface area contributed by atoms with Crippen LogP contribution < -0.4 is 13.7 Å². The van der Waals surface area contributed by atoms with Crippen LogP contribution in [0.15, 0.2) is 178 Å². The second-order valence-corrected chi connectivity index (χ2v) is 41.5. The first-order chi connectivity index (χ1) is 57.7.